The number of carbonyl (C=O) groups is 1. The molecule has 0 saturated carbocycles. The monoisotopic (exact) mass is 240 g/mol. The van der Waals surface area contributed by atoms with E-state index in [1.807, 2.05) is 11.9 Å². The molecule has 0 N–H and O–H groups in total. The van der Waals surface area contributed by atoms with Crippen LogP contribution in [0.15, 0.2) is 0 Å². The third-order valence-electron chi connectivity index (χ3n) is 3.63. The number of hydrogen-bond donors (Lipinski definition) is 0. The molecule has 100 valence electrons. The summed E-state index contributed by atoms with van der Waals surface area (Å²) < 4.78 is 0. The Labute approximate surface area is 106 Å². The molecule has 1 rings (SSSR count). The molecule has 0 unspecified atom stereocenters. The van der Waals surface area contributed by atoms with Crippen molar-refractivity contribution in [1.82, 2.24) is 9.80 Å². The highest BCUT2D eigenvalue weighted by molar-refractivity contribution is 5.76. The maximum atomic E-state index is 12.1. The Hall–Kier alpha value is -0.570. The van der Waals surface area contributed by atoms with Crippen LogP contribution in [0.2, 0.25) is 0 Å². The zero-order valence-electron chi connectivity index (χ0n) is 12.1. The van der Waals surface area contributed by atoms with Gasteiger partial charge < -0.3 is 9.80 Å². The zero-order valence-corrected chi connectivity index (χ0v) is 12.1. The molecule has 1 aliphatic rings. The molecule has 0 aliphatic carbocycles. The summed E-state index contributed by atoms with van der Waals surface area (Å²) in [7, 11) is 1.97. The van der Waals surface area contributed by atoms with Crippen molar-refractivity contribution in [2.45, 2.75) is 53.0 Å². The van der Waals surface area contributed by atoms with Crippen molar-refractivity contribution in [1.29, 1.82) is 0 Å². The van der Waals surface area contributed by atoms with Crippen molar-refractivity contribution in [2.24, 2.45) is 5.41 Å². The molecule has 1 saturated heterocycles. The van der Waals surface area contributed by atoms with Crippen LogP contribution in [0.25, 0.3) is 0 Å². The quantitative estimate of drug-likeness (QED) is 0.756. The Morgan fingerprint density at radius 2 is 1.82 bits per heavy atom. The Balaban J connectivity index is 2.43. The van der Waals surface area contributed by atoms with Gasteiger partial charge in [-0.05, 0) is 24.8 Å². The molecule has 3 heteroatoms. The lowest BCUT2D eigenvalue weighted by Crippen LogP contribution is -2.46. The summed E-state index contributed by atoms with van der Waals surface area (Å²) in [6.07, 6.45) is 2.90. The van der Waals surface area contributed by atoms with Gasteiger partial charge in [0.1, 0.15) is 0 Å². The van der Waals surface area contributed by atoms with Gasteiger partial charge in [0, 0.05) is 32.6 Å². The van der Waals surface area contributed by atoms with Gasteiger partial charge in [0.15, 0.2) is 0 Å². The van der Waals surface area contributed by atoms with Gasteiger partial charge in [0.25, 0.3) is 0 Å². The average molecular weight is 240 g/mol. The van der Waals surface area contributed by atoms with Gasteiger partial charge in [-0.25, -0.2) is 0 Å². The Morgan fingerprint density at radius 3 is 2.24 bits per heavy atom. The molecular weight excluding hydrogens is 212 g/mol. The largest absolute Gasteiger partial charge is 0.343 e. The van der Waals surface area contributed by atoms with Crippen molar-refractivity contribution in [2.75, 3.05) is 26.7 Å². The second-order valence-electron chi connectivity index (χ2n) is 6.41. The summed E-state index contributed by atoms with van der Waals surface area (Å²) in [6.45, 7) is 12.0. The summed E-state index contributed by atoms with van der Waals surface area (Å²) in [6, 6.07) is 0.452. The number of carbonyl (C=O) groups excluding carboxylic acids is 1. The van der Waals surface area contributed by atoms with Gasteiger partial charge in [-0.3, -0.25) is 4.79 Å². The van der Waals surface area contributed by atoms with Crippen LogP contribution in [0.1, 0.15) is 47.0 Å². The fraction of sp³-hybridized carbons (Fsp3) is 0.929. The Morgan fingerprint density at radius 1 is 1.29 bits per heavy atom. The van der Waals surface area contributed by atoms with Crippen LogP contribution in [0, 0.1) is 5.41 Å². The molecule has 0 aromatic carbocycles. The molecule has 0 spiro atoms. The molecule has 0 bridgehead atoms. The van der Waals surface area contributed by atoms with Crippen LogP contribution in [0.5, 0.6) is 0 Å². The van der Waals surface area contributed by atoms with E-state index >= 15 is 0 Å². The molecule has 0 atom stereocenters. The van der Waals surface area contributed by atoms with Gasteiger partial charge in [-0.1, -0.05) is 27.7 Å². The first-order valence-electron chi connectivity index (χ1n) is 6.81. The van der Waals surface area contributed by atoms with Crippen LogP contribution < -0.4 is 0 Å². The topological polar surface area (TPSA) is 23.6 Å². The third-order valence-corrected chi connectivity index (χ3v) is 3.63. The smallest absolute Gasteiger partial charge is 0.223 e. The van der Waals surface area contributed by atoms with E-state index in [9.17, 15) is 4.79 Å². The first-order chi connectivity index (χ1) is 7.83. The minimum atomic E-state index is 0.0927. The molecular formula is C14H28N2O. The van der Waals surface area contributed by atoms with Gasteiger partial charge in [0.05, 0.1) is 0 Å². The Kier molecular flexibility index (Phi) is 4.99. The summed E-state index contributed by atoms with van der Waals surface area (Å²) in [5.74, 6) is 0.299. The van der Waals surface area contributed by atoms with E-state index in [0.29, 0.717) is 18.4 Å². The predicted molar refractivity (Wildman–Crippen MR) is 72.0 cm³/mol. The van der Waals surface area contributed by atoms with Crippen molar-refractivity contribution < 1.29 is 4.79 Å². The van der Waals surface area contributed by atoms with Gasteiger partial charge in [0.2, 0.25) is 5.91 Å². The number of nitrogens with zero attached hydrogens (tertiary/aromatic N) is 2. The van der Waals surface area contributed by atoms with E-state index in [1.165, 1.54) is 0 Å². The summed E-state index contributed by atoms with van der Waals surface area (Å²) in [5, 5.41) is 0. The van der Waals surface area contributed by atoms with Crippen LogP contribution in [0.4, 0.5) is 0 Å². The minimum absolute atomic E-state index is 0.0927. The van der Waals surface area contributed by atoms with E-state index in [0.717, 1.165) is 32.5 Å². The average Bonchev–Trinajstić information content (AvgIpc) is 2.26. The van der Waals surface area contributed by atoms with Crippen LogP contribution in [-0.4, -0.2) is 48.4 Å². The van der Waals surface area contributed by atoms with Crippen molar-refractivity contribution in [3.05, 3.63) is 0 Å². The van der Waals surface area contributed by atoms with Gasteiger partial charge in [-0.2, -0.15) is 0 Å². The van der Waals surface area contributed by atoms with Gasteiger partial charge >= 0.3 is 0 Å². The maximum Gasteiger partial charge on any atom is 0.223 e. The van der Waals surface area contributed by atoms with Crippen molar-refractivity contribution >= 4 is 5.91 Å². The fourth-order valence-electron chi connectivity index (χ4n) is 2.40. The van der Waals surface area contributed by atoms with E-state index < -0.39 is 0 Å². The van der Waals surface area contributed by atoms with Gasteiger partial charge in [-0.15, -0.1) is 0 Å². The van der Waals surface area contributed by atoms with E-state index in [4.69, 9.17) is 0 Å². The maximum absolute atomic E-state index is 12.1. The second-order valence-corrected chi connectivity index (χ2v) is 6.41. The molecule has 0 aromatic rings. The van der Waals surface area contributed by atoms with Crippen LogP contribution in [-0.2, 0) is 4.79 Å². The van der Waals surface area contributed by atoms with Crippen molar-refractivity contribution in [3.8, 4) is 0 Å². The molecule has 1 aliphatic heterocycles. The lowest BCUT2D eigenvalue weighted by molar-refractivity contribution is -0.134. The number of piperidine rings is 1. The highest BCUT2D eigenvalue weighted by Gasteiger charge is 2.26. The fourth-order valence-corrected chi connectivity index (χ4v) is 2.40. The lowest BCUT2D eigenvalue weighted by Gasteiger charge is -2.37. The standard InChI is InChI=1S/C14H28N2O/c1-6-16-9-7-12(8-10-16)15(5)13(17)11-14(2,3)4/h12H,6-11H2,1-5H3. The normalized spacial score (nSPS) is 19.4. The van der Waals surface area contributed by atoms with E-state index in [-0.39, 0.29) is 5.41 Å². The molecule has 3 nitrogen and oxygen atoms in total. The first kappa shape index (κ1) is 14.5. The predicted octanol–water partition coefficient (Wildman–Crippen LogP) is 2.37. The molecule has 1 amide bonds. The molecule has 0 aromatic heterocycles. The summed E-state index contributed by atoms with van der Waals surface area (Å²) in [5.41, 5.74) is 0.0927. The first-order valence-corrected chi connectivity index (χ1v) is 6.81. The number of amides is 1. The SMILES string of the molecule is CCN1CCC(N(C)C(=O)CC(C)(C)C)CC1. The van der Waals surface area contributed by atoms with Crippen LogP contribution in [0.3, 0.4) is 0 Å². The minimum Gasteiger partial charge on any atom is -0.343 e. The third kappa shape index (κ3) is 4.66. The lowest BCUT2D eigenvalue weighted by atomic mass is 9.91. The molecule has 0 radical (unpaired) electrons. The summed E-state index contributed by atoms with van der Waals surface area (Å²) >= 11 is 0. The zero-order chi connectivity index (χ0) is 13.1. The molecule has 17 heavy (non-hydrogen) atoms. The second kappa shape index (κ2) is 5.85. The number of likely N-dealkylation sites (tertiary alicyclic amines) is 1. The van der Waals surface area contributed by atoms with Crippen LogP contribution >= 0.6 is 0 Å². The molecule has 1 heterocycles. The Bertz CT molecular complexity index is 249. The van der Waals surface area contributed by atoms with E-state index in [2.05, 4.69) is 32.6 Å². The summed E-state index contributed by atoms with van der Waals surface area (Å²) in [4.78, 5) is 16.6. The van der Waals surface area contributed by atoms with E-state index in [1.54, 1.807) is 0 Å². The highest BCUT2D eigenvalue weighted by Crippen LogP contribution is 2.22. The number of rotatable bonds is 3. The van der Waals surface area contributed by atoms with Crippen molar-refractivity contribution in [3.63, 3.8) is 0 Å². The number of hydrogen-bond acceptors (Lipinski definition) is 2. The molecule has 1 fully saturated rings. The highest BCUT2D eigenvalue weighted by atomic mass is 16.2.